The first-order valence-corrected chi connectivity index (χ1v) is 7.49. The van der Waals surface area contributed by atoms with E-state index in [1.807, 2.05) is 14.0 Å². The summed E-state index contributed by atoms with van der Waals surface area (Å²) in [6.45, 7) is 6.69. The zero-order valence-electron chi connectivity index (χ0n) is 13.7. The van der Waals surface area contributed by atoms with Crippen LogP contribution in [0.2, 0.25) is 0 Å². The molecule has 4 nitrogen and oxygen atoms in total. The molecule has 1 N–H and O–H groups in total. The Morgan fingerprint density at radius 1 is 1.33 bits per heavy atom. The molecule has 1 aromatic carbocycles. The largest absolute Gasteiger partial charge is 0.468 e. The molecule has 1 saturated carbocycles. The summed E-state index contributed by atoms with van der Waals surface area (Å²) in [6.07, 6.45) is 2.28. The molecule has 1 aliphatic carbocycles. The highest BCUT2D eigenvalue weighted by Crippen LogP contribution is 2.25. The van der Waals surface area contributed by atoms with Crippen molar-refractivity contribution in [1.82, 2.24) is 5.32 Å². The maximum absolute atomic E-state index is 12.2. The molecule has 0 saturated heterocycles. The van der Waals surface area contributed by atoms with Gasteiger partial charge in [-0.1, -0.05) is 6.07 Å². The van der Waals surface area contributed by atoms with E-state index in [4.69, 9.17) is 4.74 Å². The number of nitrogens with zero attached hydrogens (tertiary/aromatic N) is 1. The van der Waals surface area contributed by atoms with Crippen LogP contribution in [0.15, 0.2) is 18.2 Å². The van der Waals surface area contributed by atoms with Crippen molar-refractivity contribution in [2.75, 3.05) is 25.6 Å². The number of benzene rings is 1. The Morgan fingerprint density at radius 3 is 2.38 bits per heavy atom. The summed E-state index contributed by atoms with van der Waals surface area (Å²) in [5.74, 6) is -0.203. The monoisotopic (exact) mass is 290 g/mol. The summed E-state index contributed by atoms with van der Waals surface area (Å²) in [6, 6.07) is 6.88. The van der Waals surface area contributed by atoms with Gasteiger partial charge in [0.2, 0.25) is 0 Å². The number of hydrogen-bond acceptors (Lipinski definition) is 4. The molecule has 0 aliphatic heterocycles. The van der Waals surface area contributed by atoms with Crippen molar-refractivity contribution >= 4 is 11.7 Å². The first kappa shape index (κ1) is 15.8. The zero-order valence-corrected chi connectivity index (χ0v) is 13.7. The van der Waals surface area contributed by atoms with Gasteiger partial charge in [0.15, 0.2) is 0 Å². The molecule has 1 unspecified atom stereocenters. The molecule has 0 aromatic heterocycles. The predicted molar refractivity (Wildman–Crippen MR) is 85.8 cm³/mol. The van der Waals surface area contributed by atoms with Crippen LogP contribution >= 0.6 is 0 Å². The van der Waals surface area contributed by atoms with Crippen LogP contribution in [-0.4, -0.2) is 38.3 Å². The number of ether oxygens (including phenoxy) is 1. The van der Waals surface area contributed by atoms with Crippen LogP contribution in [0.3, 0.4) is 0 Å². The maximum Gasteiger partial charge on any atom is 0.327 e. The van der Waals surface area contributed by atoms with Gasteiger partial charge in [-0.3, -0.25) is 5.32 Å². The van der Waals surface area contributed by atoms with Crippen molar-refractivity contribution < 1.29 is 9.53 Å². The van der Waals surface area contributed by atoms with Gasteiger partial charge in [0.05, 0.1) is 7.11 Å². The van der Waals surface area contributed by atoms with Crippen molar-refractivity contribution in [3.8, 4) is 0 Å². The van der Waals surface area contributed by atoms with Gasteiger partial charge in [0, 0.05) is 25.3 Å². The lowest BCUT2D eigenvalue weighted by Crippen LogP contribution is -2.57. The SMILES string of the molecule is COC(=O)C(C)(CN(C)c1cc(C)cc(C)c1)NC1CC1. The molecule has 2 rings (SSSR count). The Morgan fingerprint density at radius 2 is 1.90 bits per heavy atom. The second kappa shape index (κ2) is 6.06. The van der Waals surface area contributed by atoms with E-state index >= 15 is 0 Å². The van der Waals surface area contributed by atoms with E-state index in [2.05, 4.69) is 42.3 Å². The fourth-order valence-corrected chi connectivity index (χ4v) is 2.81. The van der Waals surface area contributed by atoms with E-state index in [0.29, 0.717) is 12.6 Å². The summed E-state index contributed by atoms with van der Waals surface area (Å²) >= 11 is 0. The van der Waals surface area contributed by atoms with Gasteiger partial charge in [-0.05, 0) is 56.9 Å². The third-order valence-electron chi connectivity index (χ3n) is 3.94. The van der Waals surface area contributed by atoms with Gasteiger partial charge in [-0.2, -0.15) is 0 Å². The van der Waals surface area contributed by atoms with E-state index in [9.17, 15) is 4.79 Å². The minimum absolute atomic E-state index is 0.203. The van der Waals surface area contributed by atoms with Crippen LogP contribution in [-0.2, 0) is 9.53 Å². The highest BCUT2D eigenvalue weighted by Gasteiger charge is 2.40. The number of rotatable bonds is 6. The number of aryl methyl sites for hydroxylation is 2. The molecule has 0 bridgehead atoms. The summed E-state index contributed by atoms with van der Waals surface area (Å²) in [5.41, 5.74) is 2.90. The van der Waals surface area contributed by atoms with Crippen LogP contribution in [0.4, 0.5) is 5.69 Å². The Labute approximate surface area is 127 Å². The minimum Gasteiger partial charge on any atom is -0.468 e. The average molecular weight is 290 g/mol. The maximum atomic E-state index is 12.2. The fourth-order valence-electron chi connectivity index (χ4n) is 2.81. The van der Waals surface area contributed by atoms with Crippen molar-refractivity contribution in [3.05, 3.63) is 29.3 Å². The molecule has 1 aliphatic rings. The lowest BCUT2D eigenvalue weighted by molar-refractivity contribution is -0.147. The standard InChI is InChI=1S/C17H26N2O2/c1-12-8-13(2)10-15(9-12)19(4)11-17(3,16(20)21-5)18-14-6-7-14/h8-10,14,18H,6-7,11H2,1-5H3. The number of carbonyl (C=O) groups excluding carboxylic acids is 1. The second-order valence-corrected chi connectivity index (χ2v) is 6.44. The number of anilines is 1. The van der Waals surface area contributed by atoms with Gasteiger partial charge in [0.1, 0.15) is 5.54 Å². The molecule has 116 valence electrons. The second-order valence-electron chi connectivity index (χ2n) is 6.44. The molecule has 0 amide bonds. The summed E-state index contributed by atoms with van der Waals surface area (Å²) in [7, 11) is 3.47. The van der Waals surface area contributed by atoms with Crippen LogP contribution in [0.25, 0.3) is 0 Å². The highest BCUT2D eigenvalue weighted by atomic mass is 16.5. The Kier molecular flexibility index (Phi) is 4.57. The number of methoxy groups -OCH3 is 1. The molecular formula is C17H26N2O2. The van der Waals surface area contributed by atoms with Gasteiger partial charge >= 0.3 is 5.97 Å². The Hall–Kier alpha value is -1.55. The Bertz CT molecular complexity index is 505. The third-order valence-corrected chi connectivity index (χ3v) is 3.94. The van der Waals surface area contributed by atoms with Crippen LogP contribution < -0.4 is 10.2 Å². The minimum atomic E-state index is -0.678. The lowest BCUT2D eigenvalue weighted by Gasteiger charge is -2.33. The van der Waals surface area contributed by atoms with Crippen molar-refractivity contribution in [3.63, 3.8) is 0 Å². The van der Waals surface area contributed by atoms with E-state index < -0.39 is 5.54 Å². The van der Waals surface area contributed by atoms with Crippen molar-refractivity contribution in [2.24, 2.45) is 0 Å². The predicted octanol–water partition coefficient (Wildman–Crippen LogP) is 2.42. The molecule has 4 heteroatoms. The van der Waals surface area contributed by atoms with E-state index in [0.717, 1.165) is 18.5 Å². The third kappa shape index (κ3) is 3.97. The molecule has 1 atom stereocenters. The molecule has 1 aromatic rings. The lowest BCUT2D eigenvalue weighted by atomic mass is 10.0. The van der Waals surface area contributed by atoms with Gasteiger partial charge < -0.3 is 9.64 Å². The van der Waals surface area contributed by atoms with Crippen LogP contribution in [0.1, 0.15) is 30.9 Å². The van der Waals surface area contributed by atoms with Crippen LogP contribution in [0.5, 0.6) is 0 Å². The molecule has 1 fully saturated rings. The summed E-state index contributed by atoms with van der Waals surface area (Å²) < 4.78 is 5.00. The first-order valence-electron chi connectivity index (χ1n) is 7.49. The topological polar surface area (TPSA) is 41.6 Å². The molecule has 21 heavy (non-hydrogen) atoms. The first-order chi connectivity index (χ1) is 9.84. The average Bonchev–Trinajstić information content (AvgIpc) is 3.20. The number of hydrogen-bond donors (Lipinski definition) is 1. The summed E-state index contributed by atoms with van der Waals surface area (Å²) in [5, 5.41) is 3.43. The molecule has 0 radical (unpaired) electrons. The van der Waals surface area contributed by atoms with Crippen LogP contribution in [0, 0.1) is 13.8 Å². The number of likely N-dealkylation sites (N-methyl/N-ethyl adjacent to an activating group) is 1. The van der Waals surface area contributed by atoms with Gasteiger partial charge in [-0.25, -0.2) is 4.79 Å². The normalized spacial score (nSPS) is 17.2. The smallest absolute Gasteiger partial charge is 0.327 e. The Balaban J connectivity index is 2.16. The number of esters is 1. The zero-order chi connectivity index (χ0) is 15.6. The fraction of sp³-hybridized carbons (Fsp3) is 0.588. The number of nitrogens with one attached hydrogen (secondary N) is 1. The van der Waals surface area contributed by atoms with Gasteiger partial charge in [0.25, 0.3) is 0 Å². The molecular weight excluding hydrogens is 264 g/mol. The molecule has 0 spiro atoms. The van der Waals surface area contributed by atoms with Gasteiger partial charge in [-0.15, -0.1) is 0 Å². The number of carbonyl (C=O) groups is 1. The molecule has 0 heterocycles. The van der Waals surface area contributed by atoms with E-state index in [1.165, 1.54) is 18.2 Å². The quantitative estimate of drug-likeness (QED) is 0.817. The van der Waals surface area contributed by atoms with E-state index in [-0.39, 0.29) is 5.97 Å². The van der Waals surface area contributed by atoms with Crippen molar-refractivity contribution in [2.45, 2.75) is 45.2 Å². The summed E-state index contributed by atoms with van der Waals surface area (Å²) in [4.78, 5) is 14.3. The highest BCUT2D eigenvalue weighted by molar-refractivity contribution is 5.81. The van der Waals surface area contributed by atoms with Crippen molar-refractivity contribution in [1.29, 1.82) is 0 Å². The van der Waals surface area contributed by atoms with E-state index in [1.54, 1.807) is 0 Å².